The summed E-state index contributed by atoms with van der Waals surface area (Å²) >= 11 is 8.36. The van der Waals surface area contributed by atoms with E-state index in [9.17, 15) is 0 Å². The standard InChI is InChI=1S/C16H23NS3/c1-3-9-16(11-18,10-4-2)12-19-15-17-13-7-5-6-8-14(13)20-15/h5-8,18H,3-4,9-12H2,1-2H3. The largest absolute Gasteiger partial charge is 0.230 e. The van der Waals surface area contributed by atoms with Gasteiger partial charge in [-0.2, -0.15) is 12.6 Å². The number of para-hydroxylation sites is 1. The second-order valence-corrected chi connectivity index (χ2v) is 7.96. The van der Waals surface area contributed by atoms with Crippen molar-refractivity contribution < 1.29 is 0 Å². The number of thioether (sulfide) groups is 1. The van der Waals surface area contributed by atoms with Gasteiger partial charge in [-0.1, -0.05) is 50.6 Å². The molecule has 0 fully saturated rings. The molecule has 1 heterocycles. The maximum atomic E-state index is 4.73. The van der Waals surface area contributed by atoms with E-state index in [0.717, 1.165) is 17.0 Å². The van der Waals surface area contributed by atoms with Crippen molar-refractivity contribution in [1.29, 1.82) is 0 Å². The average molecular weight is 326 g/mol. The lowest BCUT2D eigenvalue weighted by atomic mass is 9.83. The van der Waals surface area contributed by atoms with Crippen LogP contribution in [-0.4, -0.2) is 16.5 Å². The number of hydrogen-bond donors (Lipinski definition) is 1. The van der Waals surface area contributed by atoms with Gasteiger partial charge < -0.3 is 0 Å². The summed E-state index contributed by atoms with van der Waals surface area (Å²) in [6, 6.07) is 8.39. The molecule has 0 spiro atoms. The van der Waals surface area contributed by atoms with Crippen LogP contribution in [0.1, 0.15) is 39.5 Å². The van der Waals surface area contributed by atoms with Gasteiger partial charge in [-0.25, -0.2) is 4.98 Å². The first-order valence-electron chi connectivity index (χ1n) is 7.32. The molecule has 20 heavy (non-hydrogen) atoms. The lowest BCUT2D eigenvalue weighted by Crippen LogP contribution is -2.25. The highest BCUT2D eigenvalue weighted by Crippen LogP contribution is 2.39. The highest BCUT2D eigenvalue weighted by Gasteiger charge is 2.27. The fraction of sp³-hybridized carbons (Fsp3) is 0.562. The third-order valence-corrected chi connectivity index (χ3v) is 6.87. The number of rotatable bonds is 8. The molecule has 1 aromatic heterocycles. The Labute approximate surface area is 136 Å². The zero-order valence-corrected chi connectivity index (χ0v) is 14.8. The van der Waals surface area contributed by atoms with Gasteiger partial charge in [0.25, 0.3) is 0 Å². The van der Waals surface area contributed by atoms with Crippen LogP contribution in [0.2, 0.25) is 0 Å². The van der Waals surface area contributed by atoms with Crippen LogP contribution in [0.4, 0.5) is 0 Å². The molecule has 110 valence electrons. The normalized spacial score (nSPS) is 12.2. The Morgan fingerprint density at radius 1 is 1.20 bits per heavy atom. The van der Waals surface area contributed by atoms with Gasteiger partial charge in [0.1, 0.15) is 0 Å². The van der Waals surface area contributed by atoms with Crippen LogP contribution in [0.25, 0.3) is 10.2 Å². The van der Waals surface area contributed by atoms with Crippen LogP contribution in [0.5, 0.6) is 0 Å². The van der Waals surface area contributed by atoms with Gasteiger partial charge in [-0.15, -0.1) is 11.3 Å². The first-order valence-corrected chi connectivity index (χ1v) is 9.75. The molecule has 0 aliphatic heterocycles. The second kappa shape index (κ2) is 7.71. The van der Waals surface area contributed by atoms with Crippen molar-refractivity contribution in [3.8, 4) is 0 Å². The Morgan fingerprint density at radius 3 is 2.50 bits per heavy atom. The van der Waals surface area contributed by atoms with E-state index in [1.807, 2.05) is 23.1 Å². The van der Waals surface area contributed by atoms with E-state index in [1.165, 1.54) is 34.7 Å². The summed E-state index contributed by atoms with van der Waals surface area (Å²) in [6.45, 7) is 4.55. The average Bonchev–Trinajstić information content (AvgIpc) is 2.88. The molecule has 1 aromatic carbocycles. The zero-order valence-electron chi connectivity index (χ0n) is 12.3. The quantitative estimate of drug-likeness (QED) is 0.479. The van der Waals surface area contributed by atoms with E-state index in [1.54, 1.807) is 0 Å². The molecule has 0 saturated heterocycles. The van der Waals surface area contributed by atoms with E-state index in [2.05, 4.69) is 50.7 Å². The van der Waals surface area contributed by atoms with Crippen LogP contribution in [0, 0.1) is 5.41 Å². The maximum absolute atomic E-state index is 4.73. The van der Waals surface area contributed by atoms with Crippen LogP contribution < -0.4 is 0 Å². The fourth-order valence-corrected chi connectivity index (χ4v) is 5.60. The van der Waals surface area contributed by atoms with Crippen molar-refractivity contribution in [3.05, 3.63) is 24.3 Å². The molecule has 0 radical (unpaired) electrons. The summed E-state index contributed by atoms with van der Waals surface area (Å²) in [5, 5.41) is 0. The van der Waals surface area contributed by atoms with E-state index in [0.29, 0.717) is 5.41 Å². The molecule has 0 N–H and O–H groups in total. The Morgan fingerprint density at radius 2 is 1.90 bits per heavy atom. The second-order valence-electron chi connectivity index (χ2n) is 5.39. The summed E-state index contributed by atoms with van der Waals surface area (Å²) < 4.78 is 2.49. The summed E-state index contributed by atoms with van der Waals surface area (Å²) in [5.41, 5.74) is 1.50. The highest BCUT2D eigenvalue weighted by molar-refractivity contribution is 8.01. The number of nitrogens with zero attached hydrogens (tertiary/aromatic N) is 1. The molecule has 4 heteroatoms. The minimum atomic E-state index is 0.370. The van der Waals surface area contributed by atoms with Crippen molar-refractivity contribution in [2.24, 2.45) is 5.41 Å². The molecule has 0 saturated carbocycles. The van der Waals surface area contributed by atoms with Crippen LogP contribution >= 0.6 is 35.7 Å². The first kappa shape index (κ1) is 16.2. The molecule has 0 atom stereocenters. The lowest BCUT2D eigenvalue weighted by molar-refractivity contribution is 0.318. The van der Waals surface area contributed by atoms with Crippen molar-refractivity contribution in [2.75, 3.05) is 11.5 Å². The fourth-order valence-electron chi connectivity index (χ4n) is 2.66. The molecule has 2 aromatic rings. The Balaban J connectivity index is 2.07. The summed E-state index contributed by atoms with van der Waals surface area (Å²) in [7, 11) is 0. The third-order valence-electron chi connectivity index (χ3n) is 3.67. The van der Waals surface area contributed by atoms with Crippen molar-refractivity contribution in [2.45, 2.75) is 43.9 Å². The predicted molar refractivity (Wildman–Crippen MR) is 96.4 cm³/mol. The van der Waals surface area contributed by atoms with Crippen molar-refractivity contribution in [3.63, 3.8) is 0 Å². The van der Waals surface area contributed by atoms with Gasteiger partial charge in [-0.05, 0) is 36.1 Å². The number of hydrogen-bond acceptors (Lipinski definition) is 4. The highest BCUT2D eigenvalue weighted by atomic mass is 32.2. The zero-order chi connectivity index (χ0) is 14.4. The monoisotopic (exact) mass is 325 g/mol. The van der Waals surface area contributed by atoms with Gasteiger partial charge in [-0.3, -0.25) is 0 Å². The molecule has 0 bridgehead atoms. The smallest absolute Gasteiger partial charge is 0.151 e. The topological polar surface area (TPSA) is 12.9 Å². The molecule has 0 aliphatic rings. The van der Waals surface area contributed by atoms with E-state index < -0.39 is 0 Å². The third kappa shape index (κ3) is 3.92. The van der Waals surface area contributed by atoms with E-state index >= 15 is 0 Å². The molecule has 2 rings (SSSR count). The minimum absolute atomic E-state index is 0.370. The predicted octanol–water partition coefficient (Wildman–Crippen LogP) is 5.90. The summed E-state index contributed by atoms with van der Waals surface area (Å²) in [6.07, 6.45) is 5.01. The molecular formula is C16H23NS3. The number of thiazole rings is 1. The van der Waals surface area contributed by atoms with Crippen LogP contribution in [0.15, 0.2) is 28.6 Å². The first-order chi connectivity index (χ1) is 9.73. The van der Waals surface area contributed by atoms with E-state index in [4.69, 9.17) is 4.98 Å². The SMILES string of the molecule is CCCC(CS)(CCC)CSc1nc2ccccc2s1. The summed E-state index contributed by atoms with van der Waals surface area (Å²) in [5.74, 6) is 2.12. The van der Waals surface area contributed by atoms with Crippen molar-refractivity contribution >= 4 is 45.9 Å². The Bertz CT molecular complexity index is 496. The Hall–Kier alpha value is -0.190. The molecule has 0 aliphatic carbocycles. The maximum Gasteiger partial charge on any atom is 0.151 e. The Kier molecular flexibility index (Phi) is 6.24. The van der Waals surface area contributed by atoms with Crippen LogP contribution in [0.3, 0.4) is 0 Å². The minimum Gasteiger partial charge on any atom is -0.230 e. The molecule has 0 amide bonds. The van der Waals surface area contributed by atoms with Gasteiger partial charge in [0, 0.05) is 5.75 Å². The number of fused-ring (bicyclic) bond motifs is 1. The number of thiol groups is 1. The number of benzene rings is 1. The molecule has 0 unspecified atom stereocenters. The van der Waals surface area contributed by atoms with Crippen LogP contribution in [-0.2, 0) is 0 Å². The lowest BCUT2D eigenvalue weighted by Gasteiger charge is -2.31. The molecule has 1 nitrogen and oxygen atoms in total. The number of aromatic nitrogens is 1. The van der Waals surface area contributed by atoms with Gasteiger partial charge in [0.05, 0.1) is 10.2 Å². The molecular weight excluding hydrogens is 302 g/mol. The van der Waals surface area contributed by atoms with Gasteiger partial charge in [0.15, 0.2) is 4.34 Å². The van der Waals surface area contributed by atoms with Gasteiger partial charge >= 0.3 is 0 Å². The van der Waals surface area contributed by atoms with E-state index in [-0.39, 0.29) is 0 Å². The summed E-state index contributed by atoms with van der Waals surface area (Å²) in [4.78, 5) is 4.73. The van der Waals surface area contributed by atoms with Gasteiger partial charge in [0.2, 0.25) is 0 Å². The van der Waals surface area contributed by atoms with Crippen molar-refractivity contribution in [1.82, 2.24) is 4.98 Å².